The lowest BCUT2D eigenvalue weighted by molar-refractivity contribution is -0.115. The third-order valence-electron chi connectivity index (χ3n) is 4.27. The molecule has 0 aliphatic rings. The van der Waals surface area contributed by atoms with E-state index in [0.717, 1.165) is 11.1 Å². The van der Waals surface area contributed by atoms with Gasteiger partial charge in [-0.05, 0) is 30.5 Å². The van der Waals surface area contributed by atoms with Crippen LogP contribution in [0, 0.1) is 6.92 Å². The molecule has 0 bridgehead atoms. The van der Waals surface area contributed by atoms with E-state index in [1.54, 1.807) is 4.68 Å². The highest BCUT2D eigenvalue weighted by atomic mass is 35.5. The molecule has 144 valence electrons. The van der Waals surface area contributed by atoms with Gasteiger partial charge in [-0.1, -0.05) is 83.9 Å². The molecule has 28 heavy (non-hydrogen) atoms. The van der Waals surface area contributed by atoms with Gasteiger partial charge < -0.3 is 5.32 Å². The van der Waals surface area contributed by atoms with Crippen LogP contribution in [0.5, 0.6) is 0 Å². The molecule has 4 nitrogen and oxygen atoms in total. The highest BCUT2D eigenvalue weighted by molar-refractivity contribution is 6.41. The lowest BCUT2D eigenvalue weighted by Gasteiger charge is -2.10. The van der Waals surface area contributed by atoms with E-state index >= 15 is 0 Å². The Kier molecular flexibility index (Phi) is 6.90. The fraction of sp³-hybridized carbons (Fsp3) is 0.182. The Labute approximate surface area is 174 Å². The molecule has 0 spiro atoms. The second-order valence-corrected chi connectivity index (χ2v) is 7.09. The van der Waals surface area contributed by atoms with Crippen LogP contribution in [-0.4, -0.2) is 22.2 Å². The van der Waals surface area contributed by atoms with Crippen molar-refractivity contribution in [3.05, 3.63) is 87.7 Å². The molecule has 0 unspecified atom stereocenters. The zero-order valence-electron chi connectivity index (χ0n) is 15.5. The molecule has 0 aliphatic carbocycles. The molecule has 0 fully saturated rings. The van der Waals surface area contributed by atoms with E-state index in [-0.39, 0.29) is 5.91 Å². The number of carbonyl (C=O) groups is 1. The van der Waals surface area contributed by atoms with Crippen LogP contribution in [0.2, 0.25) is 10.2 Å². The van der Waals surface area contributed by atoms with Crippen LogP contribution in [-0.2, 0) is 11.3 Å². The summed E-state index contributed by atoms with van der Waals surface area (Å²) in [6.07, 6.45) is 2.59. The summed E-state index contributed by atoms with van der Waals surface area (Å²) < 4.78 is 1.66. The predicted molar refractivity (Wildman–Crippen MR) is 115 cm³/mol. The average molecular weight is 414 g/mol. The maximum Gasteiger partial charge on any atom is 0.251 e. The molecule has 0 saturated heterocycles. The number of amides is 1. The molecule has 6 heteroatoms. The van der Waals surface area contributed by atoms with Crippen LogP contribution in [0.3, 0.4) is 0 Å². The first-order chi connectivity index (χ1) is 13.6. The SMILES string of the molecule is Cc1nn(CCCNC(=O)/C(=C\c2ccccc2)c2ccccc2)c(Cl)c1Cl. The summed E-state index contributed by atoms with van der Waals surface area (Å²) in [5.41, 5.74) is 3.18. The first kappa shape index (κ1) is 20.2. The van der Waals surface area contributed by atoms with Crippen molar-refractivity contribution in [3.8, 4) is 0 Å². The van der Waals surface area contributed by atoms with Gasteiger partial charge in [-0.15, -0.1) is 0 Å². The van der Waals surface area contributed by atoms with Gasteiger partial charge >= 0.3 is 0 Å². The van der Waals surface area contributed by atoms with Crippen molar-refractivity contribution in [1.82, 2.24) is 15.1 Å². The minimum absolute atomic E-state index is 0.115. The normalized spacial score (nSPS) is 11.5. The van der Waals surface area contributed by atoms with Crippen molar-refractivity contribution >= 4 is 40.8 Å². The summed E-state index contributed by atoms with van der Waals surface area (Å²) in [7, 11) is 0. The topological polar surface area (TPSA) is 46.9 Å². The minimum atomic E-state index is -0.115. The summed E-state index contributed by atoms with van der Waals surface area (Å²) in [5, 5.41) is 8.19. The predicted octanol–water partition coefficient (Wildman–Crippen LogP) is 5.25. The maximum absolute atomic E-state index is 12.8. The van der Waals surface area contributed by atoms with Crippen molar-refractivity contribution in [2.24, 2.45) is 0 Å². The molecular weight excluding hydrogens is 393 g/mol. The number of benzene rings is 2. The molecule has 0 aliphatic heterocycles. The van der Waals surface area contributed by atoms with Gasteiger partial charge in [0.1, 0.15) is 10.2 Å². The van der Waals surface area contributed by atoms with Crippen molar-refractivity contribution in [3.63, 3.8) is 0 Å². The van der Waals surface area contributed by atoms with E-state index < -0.39 is 0 Å². The van der Waals surface area contributed by atoms with E-state index in [1.165, 1.54) is 0 Å². The molecule has 1 aromatic heterocycles. The van der Waals surface area contributed by atoms with Gasteiger partial charge in [-0.3, -0.25) is 9.48 Å². The van der Waals surface area contributed by atoms with Crippen LogP contribution in [0.1, 0.15) is 23.2 Å². The number of nitrogens with one attached hydrogen (secondary N) is 1. The van der Waals surface area contributed by atoms with Gasteiger partial charge in [0.05, 0.1) is 5.69 Å². The number of hydrogen-bond donors (Lipinski definition) is 1. The smallest absolute Gasteiger partial charge is 0.251 e. The zero-order valence-corrected chi connectivity index (χ0v) is 17.0. The Morgan fingerprint density at radius 1 is 1.07 bits per heavy atom. The molecule has 2 aromatic carbocycles. The Balaban J connectivity index is 1.66. The standard InChI is InChI=1S/C22H21Cl2N3O/c1-16-20(23)21(24)27(26-16)14-8-13-25-22(28)19(18-11-6-3-7-12-18)15-17-9-4-2-5-10-17/h2-7,9-12,15H,8,13-14H2,1H3,(H,25,28)/b19-15-. The van der Waals surface area contributed by atoms with Gasteiger partial charge in [0.2, 0.25) is 0 Å². The number of carbonyl (C=O) groups excluding carboxylic acids is 1. The van der Waals surface area contributed by atoms with Crippen molar-refractivity contribution in [2.75, 3.05) is 6.54 Å². The van der Waals surface area contributed by atoms with Gasteiger partial charge in [-0.2, -0.15) is 5.10 Å². The fourth-order valence-corrected chi connectivity index (χ4v) is 3.21. The molecule has 1 heterocycles. The number of aryl methyl sites for hydroxylation is 2. The number of hydrogen-bond acceptors (Lipinski definition) is 2. The lowest BCUT2D eigenvalue weighted by Crippen LogP contribution is -2.26. The van der Waals surface area contributed by atoms with Crippen LogP contribution in [0.25, 0.3) is 11.6 Å². The van der Waals surface area contributed by atoms with Crippen molar-refractivity contribution in [1.29, 1.82) is 0 Å². The number of aromatic nitrogens is 2. The molecule has 1 amide bonds. The lowest BCUT2D eigenvalue weighted by atomic mass is 10.0. The van der Waals surface area contributed by atoms with E-state index in [0.29, 0.717) is 41.0 Å². The number of rotatable bonds is 7. The maximum atomic E-state index is 12.8. The van der Waals surface area contributed by atoms with Crippen LogP contribution >= 0.6 is 23.2 Å². The quantitative estimate of drug-likeness (QED) is 0.326. The fourth-order valence-electron chi connectivity index (χ4n) is 2.82. The first-order valence-electron chi connectivity index (χ1n) is 9.05. The Morgan fingerprint density at radius 3 is 2.32 bits per heavy atom. The van der Waals surface area contributed by atoms with Gasteiger partial charge in [-0.25, -0.2) is 0 Å². The second kappa shape index (κ2) is 9.58. The first-order valence-corrected chi connectivity index (χ1v) is 9.80. The van der Waals surface area contributed by atoms with E-state index in [2.05, 4.69) is 10.4 Å². The molecule has 1 N–H and O–H groups in total. The van der Waals surface area contributed by atoms with Gasteiger partial charge in [0.15, 0.2) is 0 Å². The molecule has 0 radical (unpaired) electrons. The van der Waals surface area contributed by atoms with Crippen LogP contribution in [0.15, 0.2) is 60.7 Å². The molecule has 0 saturated carbocycles. The molecule has 0 atom stereocenters. The van der Waals surface area contributed by atoms with Crippen LogP contribution < -0.4 is 5.32 Å². The Bertz CT molecular complexity index is 966. The highest BCUT2D eigenvalue weighted by Gasteiger charge is 2.13. The molecule has 3 aromatic rings. The highest BCUT2D eigenvalue weighted by Crippen LogP contribution is 2.25. The van der Waals surface area contributed by atoms with E-state index in [1.807, 2.05) is 73.7 Å². The summed E-state index contributed by atoms with van der Waals surface area (Å²) in [4.78, 5) is 12.8. The summed E-state index contributed by atoms with van der Waals surface area (Å²) >= 11 is 12.2. The van der Waals surface area contributed by atoms with Crippen LogP contribution in [0.4, 0.5) is 0 Å². The monoisotopic (exact) mass is 413 g/mol. The third kappa shape index (κ3) is 5.03. The minimum Gasteiger partial charge on any atom is -0.352 e. The number of halogens is 2. The Hall–Kier alpha value is -2.56. The largest absolute Gasteiger partial charge is 0.352 e. The third-order valence-corrected chi connectivity index (χ3v) is 5.20. The zero-order chi connectivity index (χ0) is 19.9. The summed E-state index contributed by atoms with van der Waals surface area (Å²) in [6, 6.07) is 19.5. The van der Waals surface area contributed by atoms with Crippen molar-refractivity contribution < 1.29 is 4.79 Å². The average Bonchev–Trinajstić information content (AvgIpc) is 2.97. The number of nitrogens with zero attached hydrogens (tertiary/aromatic N) is 2. The van der Waals surface area contributed by atoms with Gasteiger partial charge in [0.25, 0.3) is 5.91 Å². The molecular formula is C22H21Cl2N3O. The van der Waals surface area contributed by atoms with E-state index in [9.17, 15) is 4.79 Å². The molecule has 3 rings (SSSR count). The summed E-state index contributed by atoms with van der Waals surface area (Å²) in [6.45, 7) is 2.90. The summed E-state index contributed by atoms with van der Waals surface area (Å²) in [5.74, 6) is -0.115. The second-order valence-electron chi connectivity index (χ2n) is 6.36. The van der Waals surface area contributed by atoms with Gasteiger partial charge in [0, 0.05) is 18.7 Å². The van der Waals surface area contributed by atoms with E-state index in [4.69, 9.17) is 23.2 Å². The Morgan fingerprint density at radius 2 is 1.71 bits per heavy atom. The van der Waals surface area contributed by atoms with Crippen molar-refractivity contribution in [2.45, 2.75) is 19.9 Å².